The van der Waals surface area contributed by atoms with Gasteiger partial charge in [-0.25, -0.2) is 9.18 Å². The fourth-order valence-electron chi connectivity index (χ4n) is 1.69. The van der Waals surface area contributed by atoms with Gasteiger partial charge >= 0.3 is 5.97 Å². The van der Waals surface area contributed by atoms with Crippen LogP contribution in [0.1, 0.15) is 26.3 Å². The molecule has 1 rings (SSSR count). The van der Waals surface area contributed by atoms with E-state index in [1.165, 1.54) is 18.2 Å². The van der Waals surface area contributed by atoms with E-state index in [1.54, 1.807) is 26.8 Å². The minimum absolute atomic E-state index is 0.0440. The SMILES string of the molecule is CC(C)(C)C(NC(=O)Cc1cccc(F)c1)C(=O)O. The molecular formula is C14H18FNO3. The number of halogens is 1. The van der Waals surface area contributed by atoms with Crippen LogP contribution in [-0.4, -0.2) is 23.0 Å². The molecule has 0 heterocycles. The van der Waals surface area contributed by atoms with Gasteiger partial charge in [0.25, 0.3) is 0 Å². The topological polar surface area (TPSA) is 66.4 Å². The maximum absolute atomic E-state index is 13.0. The van der Waals surface area contributed by atoms with Gasteiger partial charge < -0.3 is 10.4 Å². The van der Waals surface area contributed by atoms with Gasteiger partial charge in [-0.1, -0.05) is 32.9 Å². The molecule has 104 valence electrons. The highest BCUT2D eigenvalue weighted by molar-refractivity contribution is 5.85. The molecule has 0 saturated heterocycles. The Labute approximate surface area is 111 Å². The van der Waals surface area contributed by atoms with Crippen molar-refractivity contribution in [2.75, 3.05) is 0 Å². The average molecular weight is 267 g/mol. The molecule has 0 aromatic heterocycles. The van der Waals surface area contributed by atoms with Crippen LogP contribution in [0.25, 0.3) is 0 Å². The summed E-state index contributed by atoms with van der Waals surface area (Å²) in [6.07, 6.45) is -0.0440. The van der Waals surface area contributed by atoms with Gasteiger partial charge in [0, 0.05) is 0 Å². The van der Waals surface area contributed by atoms with E-state index < -0.39 is 29.2 Å². The maximum atomic E-state index is 13.0. The molecule has 0 aliphatic rings. The smallest absolute Gasteiger partial charge is 0.326 e. The number of rotatable bonds is 4. The number of hydrogen-bond acceptors (Lipinski definition) is 2. The molecule has 1 amide bonds. The summed E-state index contributed by atoms with van der Waals surface area (Å²) in [6.45, 7) is 5.19. The summed E-state index contributed by atoms with van der Waals surface area (Å²) in [4.78, 5) is 22.9. The van der Waals surface area contributed by atoms with Crippen molar-refractivity contribution >= 4 is 11.9 Å². The van der Waals surface area contributed by atoms with Crippen LogP contribution in [0.3, 0.4) is 0 Å². The molecule has 0 aliphatic heterocycles. The molecule has 19 heavy (non-hydrogen) atoms. The molecule has 0 spiro atoms. The molecule has 0 saturated carbocycles. The van der Waals surface area contributed by atoms with Crippen molar-refractivity contribution in [1.29, 1.82) is 0 Å². The van der Waals surface area contributed by atoms with Crippen molar-refractivity contribution in [3.8, 4) is 0 Å². The van der Waals surface area contributed by atoms with Crippen LogP contribution < -0.4 is 5.32 Å². The van der Waals surface area contributed by atoms with E-state index in [1.807, 2.05) is 0 Å². The van der Waals surface area contributed by atoms with Gasteiger partial charge in [-0.3, -0.25) is 4.79 Å². The third-order valence-corrected chi connectivity index (χ3v) is 2.67. The summed E-state index contributed by atoms with van der Waals surface area (Å²) in [5.74, 6) is -1.94. The Morgan fingerprint density at radius 1 is 1.37 bits per heavy atom. The lowest BCUT2D eigenvalue weighted by atomic mass is 9.86. The highest BCUT2D eigenvalue weighted by Gasteiger charge is 2.32. The summed E-state index contributed by atoms with van der Waals surface area (Å²) in [6, 6.07) is 4.70. The fourth-order valence-corrected chi connectivity index (χ4v) is 1.69. The number of amides is 1. The van der Waals surface area contributed by atoms with Crippen LogP contribution in [0.4, 0.5) is 4.39 Å². The zero-order valence-corrected chi connectivity index (χ0v) is 11.2. The van der Waals surface area contributed by atoms with Crippen LogP contribution in [-0.2, 0) is 16.0 Å². The molecule has 1 unspecified atom stereocenters. The number of hydrogen-bond donors (Lipinski definition) is 2. The van der Waals surface area contributed by atoms with E-state index in [0.717, 1.165) is 0 Å². The summed E-state index contributed by atoms with van der Waals surface area (Å²) in [5.41, 5.74) is -0.0841. The van der Waals surface area contributed by atoms with E-state index in [9.17, 15) is 14.0 Å². The summed E-state index contributed by atoms with van der Waals surface area (Å²) in [7, 11) is 0. The van der Waals surface area contributed by atoms with Crippen molar-refractivity contribution in [1.82, 2.24) is 5.32 Å². The molecule has 0 radical (unpaired) electrons. The lowest BCUT2D eigenvalue weighted by Gasteiger charge is -2.27. The second-order valence-electron chi connectivity index (χ2n) is 5.51. The Morgan fingerprint density at radius 2 is 2.00 bits per heavy atom. The average Bonchev–Trinajstić information content (AvgIpc) is 2.24. The van der Waals surface area contributed by atoms with Crippen LogP contribution in [0, 0.1) is 11.2 Å². The number of aliphatic carboxylic acids is 1. The second-order valence-corrected chi connectivity index (χ2v) is 5.51. The summed E-state index contributed by atoms with van der Waals surface area (Å²) in [5, 5.41) is 11.6. The number of nitrogens with one attached hydrogen (secondary N) is 1. The third kappa shape index (κ3) is 4.69. The molecule has 5 heteroatoms. The Bertz CT molecular complexity index is 480. The largest absolute Gasteiger partial charge is 0.480 e. The monoisotopic (exact) mass is 267 g/mol. The lowest BCUT2D eigenvalue weighted by Crippen LogP contribution is -2.49. The highest BCUT2D eigenvalue weighted by Crippen LogP contribution is 2.19. The number of carboxylic acid groups (broad SMARTS) is 1. The summed E-state index contributed by atoms with van der Waals surface area (Å²) >= 11 is 0. The highest BCUT2D eigenvalue weighted by atomic mass is 19.1. The predicted octanol–water partition coefficient (Wildman–Crippen LogP) is 1.98. The molecule has 0 bridgehead atoms. The first-order chi connectivity index (χ1) is 8.70. The standard InChI is InChI=1S/C14H18FNO3/c1-14(2,3)12(13(18)19)16-11(17)8-9-5-4-6-10(15)7-9/h4-7,12H,8H2,1-3H3,(H,16,17)(H,18,19). The van der Waals surface area contributed by atoms with E-state index in [-0.39, 0.29) is 6.42 Å². The van der Waals surface area contributed by atoms with Crippen LogP contribution in [0.2, 0.25) is 0 Å². The number of carbonyl (C=O) groups excluding carboxylic acids is 1. The molecule has 0 fully saturated rings. The van der Waals surface area contributed by atoms with Crippen molar-refractivity contribution < 1.29 is 19.1 Å². The van der Waals surface area contributed by atoms with Crippen LogP contribution in [0.15, 0.2) is 24.3 Å². The molecule has 4 nitrogen and oxygen atoms in total. The van der Waals surface area contributed by atoms with Gasteiger partial charge in [0.15, 0.2) is 0 Å². The molecule has 0 aliphatic carbocycles. The van der Waals surface area contributed by atoms with E-state index in [0.29, 0.717) is 5.56 Å². The van der Waals surface area contributed by atoms with Gasteiger partial charge in [0.05, 0.1) is 6.42 Å². The molecule has 1 aromatic carbocycles. The Kier molecular flexibility index (Phi) is 4.64. The maximum Gasteiger partial charge on any atom is 0.326 e. The summed E-state index contributed by atoms with van der Waals surface area (Å²) < 4.78 is 13.0. The Balaban J connectivity index is 2.71. The number of carboxylic acids is 1. The first-order valence-corrected chi connectivity index (χ1v) is 5.97. The van der Waals surface area contributed by atoms with Crippen molar-refractivity contribution in [2.45, 2.75) is 33.2 Å². The lowest BCUT2D eigenvalue weighted by molar-refractivity contribution is -0.144. The van der Waals surface area contributed by atoms with Crippen molar-refractivity contribution in [3.63, 3.8) is 0 Å². The van der Waals surface area contributed by atoms with E-state index >= 15 is 0 Å². The minimum atomic E-state index is -1.08. The minimum Gasteiger partial charge on any atom is -0.480 e. The first kappa shape index (κ1) is 15.1. The normalized spacial score (nSPS) is 12.8. The Morgan fingerprint density at radius 3 is 2.47 bits per heavy atom. The fraction of sp³-hybridized carbons (Fsp3) is 0.429. The number of benzene rings is 1. The molecule has 1 atom stereocenters. The van der Waals surface area contributed by atoms with Gasteiger partial charge in [0.2, 0.25) is 5.91 Å². The number of carbonyl (C=O) groups is 2. The molecule has 2 N–H and O–H groups in total. The Hall–Kier alpha value is -1.91. The third-order valence-electron chi connectivity index (χ3n) is 2.67. The zero-order valence-electron chi connectivity index (χ0n) is 11.2. The van der Waals surface area contributed by atoms with Crippen molar-refractivity contribution in [3.05, 3.63) is 35.6 Å². The van der Waals surface area contributed by atoms with Gasteiger partial charge in [-0.15, -0.1) is 0 Å². The van der Waals surface area contributed by atoms with Gasteiger partial charge in [0.1, 0.15) is 11.9 Å². The zero-order chi connectivity index (χ0) is 14.6. The molecular weight excluding hydrogens is 249 g/mol. The quantitative estimate of drug-likeness (QED) is 0.876. The molecule has 1 aromatic rings. The van der Waals surface area contributed by atoms with Crippen LogP contribution in [0.5, 0.6) is 0 Å². The van der Waals surface area contributed by atoms with E-state index in [2.05, 4.69) is 5.32 Å². The second kappa shape index (κ2) is 5.82. The van der Waals surface area contributed by atoms with Gasteiger partial charge in [-0.2, -0.15) is 0 Å². The van der Waals surface area contributed by atoms with E-state index in [4.69, 9.17) is 5.11 Å². The van der Waals surface area contributed by atoms with Gasteiger partial charge in [-0.05, 0) is 23.1 Å². The van der Waals surface area contributed by atoms with Crippen LogP contribution >= 0.6 is 0 Å². The first-order valence-electron chi connectivity index (χ1n) is 5.97. The van der Waals surface area contributed by atoms with Crippen molar-refractivity contribution in [2.24, 2.45) is 5.41 Å². The predicted molar refractivity (Wildman–Crippen MR) is 69.1 cm³/mol.